The van der Waals surface area contributed by atoms with Gasteiger partial charge in [0.2, 0.25) is 0 Å². The van der Waals surface area contributed by atoms with E-state index < -0.39 is 0 Å². The maximum Gasteiger partial charge on any atom is 0.0924 e. The average Bonchev–Trinajstić information content (AvgIpc) is 2.66. The average molecular weight is 207 g/mol. The molecule has 1 heterocycles. The molecule has 0 spiro atoms. The van der Waals surface area contributed by atoms with Crippen LogP contribution in [0.5, 0.6) is 0 Å². The summed E-state index contributed by atoms with van der Waals surface area (Å²) in [5.41, 5.74) is 4.25. The quantitative estimate of drug-likeness (QED) is 0.752. The lowest BCUT2D eigenvalue weighted by Crippen LogP contribution is -1.78. The predicted octanol–water partition coefficient (Wildman–Crippen LogP) is 3.12. The number of nitrogens with one attached hydrogen (secondary N) is 1. The van der Waals surface area contributed by atoms with Gasteiger partial charge in [0.25, 0.3) is 0 Å². The van der Waals surface area contributed by atoms with Crippen LogP contribution in [0, 0.1) is 6.92 Å². The molecule has 0 saturated heterocycles. The number of H-pyrrole nitrogens is 1. The Bertz CT molecular complexity index is 434. The van der Waals surface area contributed by atoms with Crippen molar-refractivity contribution >= 4 is 11.6 Å². The van der Waals surface area contributed by atoms with Crippen molar-refractivity contribution in [1.82, 2.24) is 10.2 Å². The second kappa shape index (κ2) is 3.84. The standard InChI is InChI=1S/C11H11ClN2/c1-8-3-2-4-9(5-8)11-6-10(7-12)13-14-11/h2-6H,7H2,1H3,(H,13,14). The van der Waals surface area contributed by atoms with Crippen LogP contribution in [0.15, 0.2) is 30.3 Å². The van der Waals surface area contributed by atoms with Gasteiger partial charge in [0.05, 0.1) is 17.3 Å². The van der Waals surface area contributed by atoms with Crippen LogP contribution >= 0.6 is 11.6 Å². The zero-order valence-electron chi connectivity index (χ0n) is 7.92. The van der Waals surface area contributed by atoms with E-state index in [-0.39, 0.29) is 0 Å². The molecule has 0 bridgehead atoms. The fourth-order valence-corrected chi connectivity index (χ4v) is 1.52. The second-order valence-corrected chi connectivity index (χ2v) is 3.55. The second-order valence-electron chi connectivity index (χ2n) is 3.28. The summed E-state index contributed by atoms with van der Waals surface area (Å²) < 4.78 is 0. The lowest BCUT2D eigenvalue weighted by molar-refractivity contribution is 1.04. The van der Waals surface area contributed by atoms with Crippen LogP contribution in [-0.4, -0.2) is 10.2 Å². The summed E-state index contributed by atoms with van der Waals surface area (Å²) in [5.74, 6) is 0.471. The van der Waals surface area contributed by atoms with Crippen molar-refractivity contribution in [3.8, 4) is 11.3 Å². The van der Waals surface area contributed by atoms with E-state index in [1.54, 1.807) is 0 Å². The Labute approximate surface area is 87.9 Å². The van der Waals surface area contributed by atoms with Crippen molar-refractivity contribution in [2.75, 3.05) is 0 Å². The Balaban J connectivity index is 2.39. The first-order valence-electron chi connectivity index (χ1n) is 4.47. The van der Waals surface area contributed by atoms with Crippen LogP contribution in [-0.2, 0) is 5.88 Å². The van der Waals surface area contributed by atoms with E-state index in [9.17, 15) is 0 Å². The summed E-state index contributed by atoms with van der Waals surface area (Å²) in [4.78, 5) is 0. The van der Waals surface area contributed by atoms with Gasteiger partial charge in [-0.3, -0.25) is 5.10 Å². The van der Waals surface area contributed by atoms with Gasteiger partial charge in [-0.05, 0) is 19.1 Å². The summed E-state index contributed by atoms with van der Waals surface area (Å²) in [6, 6.07) is 10.2. The first-order valence-corrected chi connectivity index (χ1v) is 5.00. The van der Waals surface area contributed by atoms with Gasteiger partial charge in [-0.2, -0.15) is 5.10 Å². The first kappa shape index (κ1) is 9.28. The summed E-state index contributed by atoms with van der Waals surface area (Å²) in [5, 5.41) is 7.08. The van der Waals surface area contributed by atoms with E-state index >= 15 is 0 Å². The van der Waals surface area contributed by atoms with E-state index in [0.717, 1.165) is 17.0 Å². The number of nitrogens with zero attached hydrogens (tertiary/aromatic N) is 1. The molecule has 2 rings (SSSR count). The monoisotopic (exact) mass is 206 g/mol. The van der Waals surface area contributed by atoms with Crippen molar-refractivity contribution in [1.29, 1.82) is 0 Å². The minimum Gasteiger partial charge on any atom is -0.281 e. The van der Waals surface area contributed by atoms with E-state index in [2.05, 4.69) is 29.3 Å². The number of halogens is 1. The van der Waals surface area contributed by atoms with Crippen molar-refractivity contribution in [2.24, 2.45) is 0 Å². The maximum absolute atomic E-state index is 5.69. The number of alkyl halides is 1. The van der Waals surface area contributed by atoms with Gasteiger partial charge in [0.1, 0.15) is 0 Å². The molecule has 14 heavy (non-hydrogen) atoms. The zero-order valence-corrected chi connectivity index (χ0v) is 8.67. The minimum atomic E-state index is 0.471. The van der Waals surface area contributed by atoms with Crippen LogP contribution in [0.4, 0.5) is 0 Å². The fourth-order valence-electron chi connectivity index (χ4n) is 1.38. The number of benzene rings is 1. The highest BCUT2D eigenvalue weighted by atomic mass is 35.5. The topological polar surface area (TPSA) is 28.7 Å². The first-order chi connectivity index (χ1) is 6.79. The van der Waals surface area contributed by atoms with Gasteiger partial charge in [-0.15, -0.1) is 11.6 Å². The molecule has 0 fully saturated rings. The van der Waals surface area contributed by atoms with E-state index in [4.69, 9.17) is 11.6 Å². The molecule has 0 saturated carbocycles. The molecule has 2 aromatic rings. The highest BCUT2D eigenvalue weighted by Gasteiger charge is 2.02. The van der Waals surface area contributed by atoms with Crippen molar-refractivity contribution < 1.29 is 0 Å². The Kier molecular flexibility index (Phi) is 2.55. The fraction of sp³-hybridized carbons (Fsp3) is 0.182. The molecule has 0 unspecified atom stereocenters. The summed E-state index contributed by atoms with van der Waals surface area (Å²) in [6.45, 7) is 2.07. The van der Waals surface area contributed by atoms with Crippen molar-refractivity contribution in [2.45, 2.75) is 12.8 Å². The van der Waals surface area contributed by atoms with Crippen LogP contribution in [0.3, 0.4) is 0 Å². The summed E-state index contributed by atoms with van der Waals surface area (Å²) in [6.07, 6.45) is 0. The normalized spacial score (nSPS) is 10.4. The van der Waals surface area contributed by atoms with Gasteiger partial charge >= 0.3 is 0 Å². The number of hydrogen-bond donors (Lipinski definition) is 1. The molecule has 1 aromatic heterocycles. The van der Waals surface area contributed by atoms with Gasteiger partial charge in [0.15, 0.2) is 0 Å². The molecule has 0 aliphatic heterocycles. The van der Waals surface area contributed by atoms with E-state index in [0.29, 0.717) is 5.88 Å². The predicted molar refractivity (Wildman–Crippen MR) is 58.3 cm³/mol. The number of hydrogen-bond acceptors (Lipinski definition) is 1. The highest BCUT2D eigenvalue weighted by Crippen LogP contribution is 2.19. The molecule has 0 radical (unpaired) electrons. The zero-order chi connectivity index (χ0) is 9.97. The molecular weight excluding hydrogens is 196 g/mol. The van der Waals surface area contributed by atoms with Gasteiger partial charge in [-0.1, -0.05) is 23.8 Å². The smallest absolute Gasteiger partial charge is 0.0924 e. The maximum atomic E-state index is 5.69. The SMILES string of the molecule is Cc1cccc(-c2cc(CCl)[nH]n2)c1. The van der Waals surface area contributed by atoms with Crippen LogP contribution in [0.2, 0.25) is 0 Å². The third kappa shape index (κ3) is 1.80. The lowest BCUT2D eigenvalue weighted by Gasteiger charge is -1.96. The molecule has 2 nitrogen and oxygen atoms in total. The molecule has 0 atom stereocenters. The van der Waals surface area contributed by atoms with Crippen LogP contribution < -0.4 is 0 Å². The van der Waals surface area contributed by atoms with Crippen molar-refractivity contribution in [3.05, 3.63) is 41.6 Å². The van der Waals surface area contributed by atoms with E-state index in [1.807, 2.05) is 18.2 Å². The summed E-state index contributed by atoms with van der Waals surface area (Å²) in [7, 11) is 0. The lowest BCUT2D eigenvalue weighted by atomic mass is 10.1. The number of rotatable bonds is 2. The Morgan fingerprint density at radius 1 is 1.36 bits per heavy atom. The molecule has 0 aliphatic rings. The molecule has 1 N–H and O–H groups in total. The Morgan fingerprint density at radius 3 is 2.86 bits per heavy atom. The van der Waals surface area contributed by atoms with Crippen molar-refractivity contribution in [3.63, 3.8) is 0 Å². The minimum absolute atomic E-state index is 0.471. The molecule has 1 aromatic carbocycles. The molecule has 3 heteroatoms. The van der Waals surface area contributed by atoms with Gasteiger partial charge in [-0.25, -0.2) is 0 Å². The number of aromatic nitrogens is 2. The molecule has 0 amide bonds. The number of aryl methyl sites for hydroxylation is 1. The largest absolute Gasteiger partial charge is 0.281 e. The highest BCUT2D eigenvalue weighted by molar-refractivity contribution is 6.16. The van der Waals surface area contributed by atoms with Gasteiger partial charge in [0, 0.05) is 5.56 Å². The third-order valence-electron chi connectivity index (χ3n) is 2.09. The van der Waals surface area contributed by atoms with E-state index in [1.165, 1.54) is 5.56 Å². The summed E-state index contributed by atoms with van der Waals surface area (Å²) >= 11 is 5.69. The number of aromatic amines is 1. The third-order valence-corrected chi connectivity index (χ3v) is 2.38. The Morgan fingerprint density at radius 2 is 2.21 bits per heavy atom. The molecular formula is C11H11ClN2. The van der Waals surface area contributed by atoms with Gasteiger partial charge < -0.3 is 0 Å². The van der Waals surface area contributed by atoms with Crippen LogP contribution in [0.25, 0.3) is 11.3 Å². The molecule has 72 valence electrons. The van der Waals surface area contributed by atoms with Crippen LogP contribution in [0.1, 0.15) is 11.3 Å². The Hall–Kier alpha value is -1.28. The molecule has 0 aliphatic carbocycles.